The Hall–Kier alpha value is -4.23. The van der Waals surface area contributed by atoms with Crippen LogP contribution in [0.2, 0.25) is 5.02 Å². The molecule has 5 heterocycles. The van der Waals surface area contributed by atoms with Crippen LogP contribution in [0.15, 0.2) is 59.3 Å². The third kappa shape index (κ3) is 5.50. The summed E-state index contributed by atoms with van der Waals surface area (Å²) in [6.45, 7) is 10.0. The highest BCUT2D eigenvalue weighted by molar-refractivity contribution is 7.90. The number of hydrogen-bond acceptors (Lipinski definition) is 9. The molecule has 1 fully saturated rings. The Morgan fingerprint density at radius 2 is 1.93 bits per heavy atom. The van der Waals surface area contributed by atoms with E-state index in [0.29, 0.717) is 25.2 Å². The van der Waals surface area contributed by atoms with Gasteiger partial charge >= 0.3 is 5.69 Å². The molecule has 0 spiro atoms. The van der Waals surface area contributed by atoms with Crippen molar-refractivity contribution in [1.82, 2.24) is 29.4 Å². The van der Waals surface area contributed by atoms with Gasteiger partial charge in [0.25, 0.3) is 0 Å². The second-order valence-electron chi connectivity index (χ2n) is 10.6. The fraction of sp³-hybridized carbons (Fsp3) is 0.310. The molecule has 1 saturated heterocycles. The number of hydrogen-bond donors (Lipinski definition) is 0. The van der Waals surface area contributed by atoms with E-state index in [4.69, 9.17) is 11.6 Å². The first-order valence-electron chi connectivity index (χ1n) is 13.4. The van der Waals surface area contributed by atoms with Gasteiger partial charge in [0.15, 0.2) is 15.5 Å². The topological polar surface area (TPSA) is 131 Å². The van der Waals surface area contributed by atoms with Gasteiger partial charge in [0.1, 0.15) is 22.2 Å². The molecule has 14 heteroatoms. The number of carbonyl (C=O) groups excluding carboxylic acids is 1. The minimum absolute atomic E-state index is 0.0194. The van der Waals surface area contributed by atoms with Gasteiger partial charge in [-0.3, -0.25) is 14.8 Å². The highest BCUT2D eigenvalue weighted by Gasteiger charge is 2.31. The lowest BCUT2D eigenvalue weighted by Crippen LogP contribution is -2.54. The molecular formula is C29H29ClFN7O4S. The normalized spacial score (nSPS) is 15.7. The Balaban J connectivity index is 1.88. The molecule has 0 aromatic carbocycles. The quantitative estimate of drug-likeness (QED) is 0.294. The number of pyridine rings is 3. The van der Waals surface area contributed by atoms with Gasteiger partial charge in [-0.2, -0.15) is 4.98 Å². The van der Waals surface area contributed by atoms with Crippen LogP contribution in [-0.4, -0.2) is 75.7 Å². The van der Waals surface area contributed by atoms with E-state index in [9.17, 15) is 18.0 Å². The van der Waals surface area contributed by atoms with Crippen LogP contribution in [0.1, 0.15) is 32.3 Å². The zero-order valence-electron chi connectivity index (χ0n) is 24.0. The van der Waals surface area contributed by atoms with Crippen molar-refractivity contribution < 1.29 is 17.6 Å². The number of carbonyl (C=O) groups is 1. The van der Waals surface area contributed by atoms with Gasteiger partial charge in [-0.1, -0.05) is 32.0 Å². The SMILES string of the molecule is C=CC(=O)N1CCN(c2nc(=O)n(-c3c(C(C)C)cncc3S(C)(=O)=O)c3nc(-c4ccncc4Cl)c(F)cc23)[C@@H](C)C1. The maximum atomic E-state index is 15.9. The van der Waals surface area contributed by atoms with Crippen LogP contribution < -0.4 is 10.6 Å². The summed E-state index contributed by atoms with van der Waals surface area (Å²) in [5.74, 6) is -1.05. The summed E-state index contributed by atoms with van der Waals surface area (Å²) in [6, 6.07) is 2.41. The molecule has 43 heavy (non-hydrogen) atoms. The molecule has 5 rings (SSSR count). The van der Waals surface area contributed by atoms with Crippen molar-refractivity contribution in [3.63, 3.8) is 0 Å². The minimum atomic E-state index is -3.89. The predicted molar refractivity (Wildman–Crippen MR) is 162 cm³/mol. The Kier molecular flexibility index (Phi) is 8.05. The summed E-state index contributed by atoms with van der Waals surface area (Å²) < 4.78 is 43.0. The van der Waals surface area contributed by atoms with Crippen molar-refractivity contribution in [2.45, 2.75) is 37.6 Å². The molecule has 0 radical (unpaired) electrons. The Morgan fingerprint density at radius 3 is 2.56 bits per heavy atom. The van der Waals surface area contributed by atoms with Crippen molar-refractivity contribution in [3.05, 3.63) is 76.5 Å². The molecular weight excluding hydrogens is 597 g/mol. The van der Waals surface area contributed by atoms with E-state index in [1.54, 1.807) is 4.90 Å². The fourth-order valence-corrected chi connectivity index (χ4v) is 6.29. The molecule has 4 aromatic heterocycles. The first-order valence-corrected chi connectivity index (χ1v) is 15.7. The number of aromatic nitrogens is 5. The van der Waals surface area contributed by atoms with Crippen molar-refractivity contribution in [2.24, 2.45) is 0 Å². The number of halogens is 2. The van der Waals surface area contributed by atoms with E-state index in [2.05, 4.69) is 26.5 Å². The molecule has 1 aliphatic heterocycles. The van der Waals surface area contributed by atoms with Crippen LogP contribution in [0.4, 0.5) is 10.2 Å². The zero-order valence-corrected chi connectivity index (χ0v) is 25.5. The van der Waals surface area contributed by atoms with E-state index in [1.165, 1.54) is 43.0 Å². The minimum Gasteiger partial charge on any atom is -0.350 e. The van der Waals surface area contributed by atoms with Gasteiger partial charge in [-0.05, 0) is 36.6 Å². The van der Waals surface area contributed by atoms with Gasteiger partial charge in [0.2, 0.25) is 5.91 Å². The van der Waals surface area contributed by atoms with Crippen LogP contribution in [0.3, 0.4) is 0 Å². The van der Waals surface area contributed by atoms with Crippen LogP contribution in [0, 0.1) is 5.82 Å². The van der Waals surface area contributed by atoms with Crippen LogP contribution in [0.25, 0.3) is 28.0 Å². The summed E-state index contributed by atoms with van der Waals surface area (Å²) in [5, 5.41) is 0.309. The van der Waals surface area contributed by atoms with Gasteiger partial charge in [0.05, 0.1) is 16.1 Å². The Labute approximate surface area is 252 Å². The van der Waals surface area contributed by atoms with Crippen LogP contribution in [-0.2, 0) is 14.6 Å². The number of rotatable bonds is 6. The van der Waals surface area contributed by atoms with Gasteiger partial charge < -0.3 is 9.80 Å². The maximum absolute atomic E-state index is 15.9. The van der Waals surface area contributed by atoms with E-state index in [0.717, 1.165) is 10.8 Å². The molecule has 224 valence electrons. The molecule has 0 unspecified atom stereocenters. The van der Waals surface area contributed by atoms with Crippen LogP contribution in [0.5, 0.6) is 0 Å². The summed E-state index contributed by atoms with van der Waals surface area (Å²) >= 11 is 6.36. The standard InChI is InChI=1S/C29H29ClFN7O4S/c1-6-24(39)36-9-10-37(17(4)15-36)27-19-11-22(31)25(18-7-8-32-13-21(18)30)34-28(19)38(29(40)35-27)26-20(16(2)3)12-33-14-23(26)43(5,41)42/h6-8,11-14,16-17H,1,9-10,15H2,2-5H3/t17-/m0/s1. The summed E-state index contributed by atoms with van der Waals surface area (Å²) in [6.07, 6.45) is 7.70. The Bertz CT molecular complexity index is 1950. The van der Waals surface area contributed by atoms with Crippen molar-refractivity contribution >= 4 is 44.2 Å². The van der Waals surface area contributed by atoms with E-state index in [1.807, 2.05) is 25.7 Å². The second kappa shape index (κ2) is 11.5. The smallest absolute Gasteiger partial charge is 0.350 e. The molecule has 1 amide bonds. The highest BCUT2D eigenvalue weighted by atomic mass is 35.5. The lowest BCUT2D eigenvalue weighted by atomic mass is 10.0. The average Bonchev–Trinajstić information content (AvgIpc) is 2.96. The number of amides is 1. The molecule has 11 nitrogen and oxygen atoms in total. The van der Waals surface area contributed by atoms with E-state index >= 15 is 4.39 Å². The fourth-order valence-electron chi connectivity index (χ4n) is 5.27. The zero-order chi connectivity index (χ0) is 31.2. The number of nitrogens with zero attached hydrogens (tertiary/aromatic N) is 7. The molecule has 0 aliphatic carbocycles. The summed E-state index contributed by atoms with van der Waals surface area (Å²) in [4.78, 5) is 46.6. The molecule has 1 aliphatic rings. The van der Waals surface area contributed by atoms with Crippen molar-refractivity contribution in [2.75, 3.05) is 30.8 Å². The lowest BCUT2D eigenvalue weighted by molar-refractivity contribution is -0.126. The largest absolute Gasteiger partial charge is 0.355 e. The van der Waals surface area contributed by atoms with E-state index in [-0.39, 0.29) is 61.6 Å². The number of sulfone groups is 1. The van der Waals surface area contributed by atoms with Crippen molar-refractivity contribution in [3.8, 4) is 16.9 Å². The summed E-state index contributed by atoms with van der Waals surface area (Å²) in [7, 11) is -3.89. The third-order valence-corrected chi connectivity index (χ3v) is 8.77. The summed E-state index contributed by atoms with van der Waals surface area (Å²) in [5.41, 5.74) is -0.249. The van der Waals surface area contributed by atoms with Gasteiger partial charge in [-0.15, -0.1) is 0 Å². The molecule has 0 N–H and O–H groups in total. The van der Waals surface area contributed by atoms with Crippen molar-refractivity contribution in [1.29, 1.82) is 0 Å². The first kappa shape index (κ1) is 30.2. The Morgan fingerprint density at radius 1 is 1.19 bits per heavy atom. The molecule has 0 saturated carbocycles. The molecule has 0 bridgehead atoms. The monoisotopic (exact) mass is 625 g/mol. The predicted octanol–water partition coefficient (Wildman–Crippen LogP) is 3.78. The average molecular weight is 626 g/mol. The molecule has 1 atom stereocenters. The number of piperazine rings is 1. The van der Waals surface area contributed by atoms with Gasteiger partial charge in [-0.25, -0.2) is 27.2 Å². The first-order chi connectivity index (χ1) is 20.3. The second-order valence-corrected chi connectivity index (χ2v) is 13.0. The van der Waals surface area contributed by atoms with E-state index < -0.39 is 21.3 Å². The number of fused-ring (bicyclic) bond motifs is 1. The molecule has 4 aromatic rings. The lowest BCUT2D eigenvalue weighted by Gasteiger charge is -2.40. The highest BCUT2D eigenvalue weighted by Crippen LogP contribution is 2.36. The maximum Gasteiger partial charge on any atom is 0.355 e. The van der Waals surface area contributed by atoms with Gasteiger partial charge in [0, 0.05) is 62.3 Å². The van der Waals surface area contributed by atoms with Crippen LogP contribution >= 0.6 is 11.6 Å². The third-order valence-electron chi connectivity index (χ3n) is 7.37. The number of anilines is 1.